The minimum absolute atomic E-state index is 0.262. The third kappa shape index (κ3) is 3.24. The van der Waals surface area contributed by atoms with Crippen LogP contribution in [0.1, 0.15) is 19.4 Å². The zero-order valence-corrected chi connectivity index (χ0v) is 13.5. The second kappa shape index (κ2) is 5.59. The van der Waals surface area contributed by atoms with E-state index >= 15 is 0 Å². The number of sulfonamides is 1. The first-order valence-electron chi connectivity index (χ1n) is 5.68. The first-order chi connectivity index (χ1) is 8.16. The first kappa shape index (κ1) is 15.5. The second-order valence-corrected chi connectivity index (χ2v) is 7.73. The summed E-state index contributed by atoms with van der Waals surface area (Å²) >= 11 is 3.28. The van der Waals surface area contributed by atoms with Crippen LogP contribution < -0.4 is 5.73 Å². The van der Waals surface area contributed by atoms with Crippen LogP contribution in [0.2, 0.25) is 0 Å². The average Bonchev–Trinajstić information content (AvgIpc) is 2.22. The summed E-state index contributed by atoms with van der Waals surface area (Å²) in [6.07, 6.45) is 0. The molecule has 0 aliphatic rings. The summed E-state index contributed by atoms with van der Waals surface area (Å²) in [5.41, 5.74) is 6.87. The van der Waals surface area contributed by atoms with Crippen molar-refractivity contribution in [3.05, 3.63) is 22.2 Å². The van der Waals surface area contributed by atoms with Crippen molar-refractivity contribution in [2.75, 3.05) is 19.3 Å². The molecule has 0 heterocycles. The van der Waals surface area contributed by atoms with Gasteiger partial charge in [0.25, 0.3) is 0 Å². The first-order valence-corrected chi connectivity index (χ1v) is 7.91. The molecule has 0 bridgehead atoms. The molecule has 0 aromatic heterocycles. The molecule has 1 aromatic carbocycles. The molecule has 0 spiro atoms. The summed E-state index contributed by atoms with van der Waals surface area (Å²) in [6, 6.07) is 3.30. The predicted octanol–water partition coefficient (Wildman–Crippen LogP) is 2.62. The number of rotatable bonds is 4. The molecule has 102 valence electrons. The van der Waals surface area contributed by atoms with Gasteiger partial charge < -0.3 is 5.73 Å². The third-order valence-corrected chi connectivity index (χ3v) is 5.08. The van der Waals surface area contributed by atoms with Gasteiger partial charge in [-0.25, -0.2) is 12.7 Å². The van der Waals surface area contributed by atoms with E-state index in [0.717, 1.165) is 0 Å². The Labute approximate surface area is 117 Å². The van der Waals surface area contributed by atoms with E-state index in [1.807, 2.05) is 13.8 Å². The highest BCUT2D eigenvalue weighted by Gasteiger charge is 2.24. The summed E-state index contributed by atoms with van der Waals surface area (Å²) in [6.45, 7) is 6.16. The number of hydrogen-bond acceptors (Lipinski definition) is 3. The Balaban J connectivity index is 3.29. The molecule has 1 aromatic rings. The van der Waals surface area contributed by atoms with Crippen LogP contribution in [0.3, 0.4) is 0 Å². The quantitative estimate of drug-likeness (QED) is 0.861. The summed E-state index contributed by atoms with van der Waals surface area (Å²) in [4.78, 5) is 0.262. The number of nitrogen functional groups attached to an aromatic ring is 1. The minimum atomic E-state index is -3.49. The van der Waals surface area contributed by atoms with Crippen molar-refractivity contribution >= 4 is 31.6 Å². The predicted molar refractivity (Wildman–Crippen MR) is 77.9 cm³/mol. The van der Waals surface area contributed by atoms with Crippen molar-refractivity contribution in [3.8, 4) is 0 Å². The molecule has 18 heavy (non-hydrogen) atoms. The monoisotopic (exact) mass is 334 g/mol. The molecule has 0 amide bonds. The average molecular weight is 335 g/mol. The zero-order valence-electron chi connectivity index (χ0n) is 11.1. The van der Waals surface area contributed by atoms with Gasteiger partial charge >= 0.3 is 0 Å². The molecular weight excluding hydrogens is 316 g/mol. The normalized spacial score (nSPS) is 12.4. The van der Waals surface area contributed by atoms with Crippen molar-refractivity contribution in [1.82, 2.24) is 4.31 Å². The van der Waals surface area contributed by atoms with Gasteiger partial charge in [-0.3, -0.25) is 0 Å². The maximum absolute atomic E-state index is 12.4. The van der Waals surface area contributed by atoms with Crippen LogP contribution in [0.15, 0.2) is 21.5 Å². The zero-order chi connectivity index (χ0) is 14.1. The Morgan fingerprint density at radius 2 is 1.94 bits per heavy atom. The molecular formula is C12H19BrN2O2S. The fraction of sp³-hybridized carbons (Fsp3) is 0.500. The fourth-order valence-electron chi connectivity index (χ4n) is 1.72. The fourth-order valence-corrected chi connectivity index (χ4v) is 3.96. The van der Waals surface area contributed by atoms with E-state index in [1.165, 1.54) is 4.31 Å². The topological polar surface area (TPSA) is 63.4 Å². The molecule has 4 nitrogen and oxygen atoms in total. The van der Waals surface area contributed by atoms with Crippen LogP contribution in [0.25, 0.3) is 0 Å². The Kier molecular flexibility index (Phi) is 4.80. The summed E-state index contributed by atoms with van der Waals surface area (Å²) in [5, 5.41) is 0. The van der Waals surface area contributed by atoms with Gasteiger partial charge in [-0.05, 0) is 30.5 Å². The summed E-state index contributed by atoms with van der Waals surface area (Å²) < 4.78 is 26.9. The van der Waals surface area contributed by atoms with Crippen LogP contribution in [0.5, 0.6) is 0 Å². The van der Waals surface area contributed by atoms with E-state index in [9.17, 15) is 8.42 Å². The number of anilines is 1. The van der Waals surface area contributed by atoms with Crippen LogP contribution in [-0.4, -0.2) is 26.3 Å². The van der Waals surface area contributed by atoms with Crippen molar-refractivity contribution in [3.63, 3.8) is 0 Å². The van der Waals surface area contributed by atoms with Gasteiger partial charge in [0.2, 0.25) is 10.0 Å². The van der Waals surface area contributed by atoms with Crippen LogP contribution in [0, 0.1) is 12.8 Å². The largest absolute Gasteiger partial charge is 0.398 e. The Hall–Kier alpha value is -0.590. The standard InChI is InChI=1S/C12H19BrN2O2S/c1-8(2)7-15(4)18(16,17)12-6-10(13)5-11(14)9(12)3/h5-6,8H,7,14H2,1-4H3. The Morgan fingerprint density at radius 1 is 1.39 bits per heavy atom. The Morgan fingerprint density at radius 3 is 2.44 bits per heavy atom. The van der Waals surface area contributed by atoms with Gasteiger partial charge in [0.05, 0.1) is 4.90 Å². The highest BCUT2D eigenvalue weighted by atomic mass is 79.9. The van der Waals surface area contributed by atoms with E-state index in [2.05, 4.69) is 15.9 Å². The van der Waals surface area contributed by atoms with E-state index in [1.54, 1.807) is 26.1 Å². The maximum Gasteiger partial charge on any atom is 0.243 e. The minimum Gasteiger partial charge on any atom is -0.398 e. The maximum atomic E-state index is 12.4. The lowest BCUT2D eigenvalue weighted by Gasteiger charge is -2.21. The lowest BCUT2D eigenvalue weighted by molar-refractivity contribution is 0.417. The SMILES string of the molecule is Cc1c(N)cc(Br)cc1S(=O)(=O)N(C)CC(C)C. The van der Waals surface area contributed by atoms with Crippen molar-refractivity contribution in [2.24, 2.45) is 5.92 Å². The lowest BCUT2D eigenvalue weighted by Crippen LogP contribution is -2.31. The van der Waals surface area contributed by atoms with Gasteiger partial charge in [-0.1, -0.05) is 29.8 Å². The summed E-state index contributed by atoms with van der Waals surface area (Å²) in [5.74, 6) is 0.273. The van der Waals surface area contributed by atoms with Gasteiger partial charge in [0.15, 0.2) is 0 Å². The molecule has 0 saturated heterocycles. The molecule has 0 saturated carbocycles. The number of halogens is 1. The molecule has 0 radical (unpaired) electrons. The molecule has 2 N–H and O–H groups in total. The van der Waals surface area contributed by atoms with E-state index in [4.69, 9.17) is 5.73 Å². The second-order valence-electron chi connectivity index (χ2n) is 4.80. The van der Waals surface area contributed by atoms with Gasteiger partial charge in [-0.15, -0.1) is 0 Å². The smallest absolute Gasteiger partial charge is 0.243 e. The molecule has 0 atom stereocenters. The summed E-state index contributed by atoms with van der Waals surface area (Å²) in [7, 11) is -1.90. The Bertz CT molecular complexity index is 541. The van der Waals surface area contributed by atoms with Crippen LogP contribution >= 0.6 is 15.9 Å². The number of nitrogens with two attached hydrogens (primary N) is 1. The van der Waals surface area contributed by atoms with Crippen molar-refractivity contribution < 1.29 is 8.42 Å². The molecule has 1 rings (SSSR count). The van der Waals surface area contributed by atoms with Gasteiger partial charge in [0, 0.05) is 23.8 Å². The highest BCUT2D eigenvalue weighted by Crippen LogP contribution is 2.28. The van der Waals surface area contributed by atoms with Crippen molar-refractivity contribution in [2.45, 2.75) is 25.7 Å². The molecule has 0 aliphatic heterocycles. The number of benzene rings is 1. The van der Waals surface area contributed by atoms with Gasteiger partial charge in [-0.2, -0.15) is 0 Å². The molecule has 0 aliphatic carbocycles. The molecule has 0 fully saturated rings. The third-order valence-electron chi connectivity index (χ3n) is 2.68. The number of hydrogen-bond donors (Lipinski definition) is 1. The molecule has 0 unspecified atom stereocenters. The van der Waals surface area contributed by atoms with Crippen LogP contribution in [0.4, 0.5) is 5.69 Å². The van der Waals surface area contributed by atoms with Crippen LogP contribution in [-0.2, 0) is 10.0 Å². The van der Waals surface area contributed by atoms with Gasteiger partial charge in [0.1, 0.15) is 0 Å². The highest BCUT2D eigenvalue weighted by molar-refractivity contribution is 9.10. The van der Waals surface area contributed by atoms with Crippen molar-refractivity contribution in [1.29, 1.82) is 0 Å². The molecule has 6 heteroatoms. The van der Waals surface area contributed by atoms with E-state index in [0.29, 0.717) is 22.3 Å². The number of nitrogens with zero attached hydrogens (tertiary/aromatic N) is 1. The van der Waals surface area contributed by atoms with E-state index in [-0.39, 0.29) is 10.8 Å². The lowest BCUT2D eigenvalue weighted by atomic mass is 10.2. The van der Waals surface area contributed by atoms with E-state index < -0.39 is 10.0 Å².